The number of hydrogen-bond acceptors (Lipinski definition) is 4. The highest BCUT2D eigenvalue weighted by Gasteiger charge is 2.32. The number of amides is 1. The van der Waals surface area contributed by atoms with Gasteiger partial charge in [0.1, 0.15) is 24.1 Å². The minimum atomic E-state index is 0.0961. The third-order valence-electron chi connectivity index (χ3n) is 4.59. The lowest BCUT2D eigenvalue weighted by Crippen LogP contribution is -3.11. The van der Waals surface area contributed by atoms with Crippen molar-refractivity contribution >= 4 is 17.2 Å². The maximum atomic E-state index is 12.2. The zero-order valence-corrected chi connectivity index (χ0v) is 16.0. The predicted molar refractivity (Wildman–Crippen MR) is 103 cm³/mol. The first-order chi connectivity index (χ1) is 12.8. The van der Waals surface area contributed by atoms with Gasteiger partial charge in [-0.3, -0.25) is 4.79 Å². The number of benzene rings is 1. The molecule has 0 spiro atoms. The molecule has 1 fully saturated rings. The lowest BCUT2D eigenvalue weighted by atomic mass is 10.2. The summed E-state index contributed by atoms with van der Waals surface area (Å²) in [4.78, 5) is 15.0. The fourth-order valence-electron chi connectivity index (χ4n) is 3.38. The van der Waals surface area contributed by atoms with Crippen LogP contribution in [0, 0.1) is 0 Å². The Morgan fingerprint density at radius 1 is 1.23 bits per heavy atom. The lowest BCUT2D eigenvalue weighted by molar-refractivity contribution is -0.910. The quantitative estimate of drug-likeness (QED) is 0.660. The van der Waals surface area contributed by atoms with Crippen molar-refractivity contribution in [1.82, 2.24) is 5.32 Å². The molecule has 0 saturated carbocycles. The summed E-state index contributed by atoms with van der Waals surface area (Å²) in [5.41, 5.74) is 0. The molecule has 1 aliphatic rings. The first-order valence-corrected chi connectivity index (χ1v) is 10.1. The number of carbonyl (C=O) groups is 1. The van der Waals surface area contributed by atoms with Crippen LogP contribution in [0.3, 0.4) is 0 Å². The summed E-state index contributed by atoms with van der Waals surface area (Å²) in [7, 11) is 0. The SMILES string of the molecule is CCOc1ccc(OCCNC(=O)C[NH+]2CCC[C@@H]2c2cccs2)cc1. The average Bonchev–Trinajstić information content (AvgIpc) is 3.32. The van der Waals surface area contributed by atoms with Crippen LogP contribution in [0.5, 0.6) is 11.5 Å². The van der Waals surface area contributed by atoms with Gasteiger partial charge >= 0.3 is 0 Å². The van der Waals surface area contributed by atoms with Crippen molar-refractivity contribution in [2.45, 2.75) is 25.8 Å². The van der Waals surface area contributed by atoms with E-state index in [0.717, 1.165) is 18.0 Å². The molecule has 2 heterocycles. The minimum absolute atomic E-state index is 0.0961. The zero-order valence-electron chi connectivity index (χ0n) is 15.2. The van der Waals surface area contributed by atoms with Crippen molar-refractivity contribution in [3.05, 3.63) is 46.7 Å². The highest BCUT2D eigenvalue weighted by Crippen LogP contribution is 2.23. The van der Waals surface area contributed by atoms with Crippen LogP contribution >= 0.6 is 11.3 Å². The molecule has 2 aromatic rings. The van der Waals surface area contributed by atoms with Gasteiger partial charge in [-0.05, 0) is 42.6 Å². The van der Waals surface area contributed by atoms with E-state index in [-0.39, 0.29) is 5.91 Å². The van der Waals surface area contributed by atoms with Gasteiger partial charge in [-0.1, -0.05) is 6.07 Å². The Morgan fingerprint density at radius 3 is 2.69 bits per heavy atom. The molecule has 1 saturated heterocycles. The lowest BCUT2D eigenvalue weighted by Gasteiger charge is -2.20. The molecule has 0 bridgehead atoms. The van der Waals surface area contributed by atoms with Gasteiger partial charge in [-0.15, -0.1) is 11.3 Å². The van der Waals surface area contributed by atoms with Gasteiger partial charge in [0.2, 0.25) is 0 Å². The van der Waals surface area contributed by atoms with Gasteiger partial charge in [-0.25, -0.2) is 0 Å². The van der Waals surface area contributed by atoms with Crippen molar-refractivity contribution in [3.8, 4) is 11.5 Å². The van der Waals surface area contributed by atoms with Crippen LogP contribution in [0.1, 0.15) is 30.7 Å². The highest BCUT2D eigenvalue weighted by molar-refractivity contribution is 7.10. The molecule has 1 aliphatic heterocycles. The van der Waals surface area contributed by atoms with E-state index in [9.17, 15) is 4.79 Å². The van der Waals surface area contributed by atoms with Crippen LogP contribution in [0.25, 0.3) is 0 Å². The summed E-state index contributed by atoms with van der Waals surface area (Å²) in [6, 6.07) is 12.3. The van der Waals surface area contributed by atoms with Crippen molar-refractivity contribution in [1.29, 1.82) is 0 Å². The highest BCUT2D eigenvalue weighted by atomic mass is 32.1. The van der Waals surface area contributed by atoms with Crippen molar-refractivity contribution in [2.75, 3.05) is 32.8 Å². The van der Waals surface area contributed by atoms with Gasteiger partial charge in [0.15, 0.2) is 6.54 Å². The van der Waals surface area contributed by atoms with Crippen molar-refractivity contribution < 1.29 is 19.2 Å². The Labute approximate surface area is 158 Å². The number of hydrogen-bond donors (Lipinski definition) is 2. The maximum Gasteiger partial charge on any atom is 0.275 e. The number of carbonyl (C=O) groups excluding carboxylic acids is 1. The summed E-state index contributed by atoms with van der Waals surface area (Å²) in [6.45, 7) is 5.19. The van der Waals surface area contributed by atoms with Crippen LogP contribution in [0.4, 0.5) is 0 Å². The first kappa shape index (κ1) is 18.7. The van der Waals surface area contributed by atoms with Gasteiger partial charge in [0.25, 0.3) is 5.91 Å². The summed E-state index contributed by atoms with van der Waals surface area (Å²) < 4.78 is 11.1. The monoisotopic (exact) mass is 375 g/mol. The molecule has 1 aromatic heterocycles. The molecule has 3 rings (SSSR count). The van der Waals surface area contributed by atoms with E-state index in [0.29, 0.717) is 32.3 Å². The molecular weight excluding hydrogens is 348 g/mol. The Kier molecular flexibility index (Phi) is 6.91. The van der Waals surface area contributed by atoms with E-state index in [4.69, 9.17) is 9.47 Å². The van der Waals surface area contributed by atoms with Crippen molar-refractivity contribution in [3.63, 3.8) is 0 Å². The maximum absolute atomic E-state index is 12.2. The molecule has 6 heteroatoms. The number of thiophene rings is 1. The molecule has 0 radical (unpaired) electrons. The smallest absolute Gasteiger partial charge is 0.275 e. The molecule has 26 heavy (non-hydrogen) atoms. The largest absolute Gasteiger partial charge is 0.494 e. The Balaban J connectivity index is 1.36. The fourth-order valence-corrected chi connectivity index (χ4v) is 4.30. The second kappa shape index (κ2) is 9.59. The van der Waals surface area contributed by atoms with Gasteiger partial charge in [0.05, 0.1) is 24.6 Å². The molecule has 2 N–H and O–H groups in total. The van der Waals surface area contributed by atoms with E-state index < -0.39 is 0 Å². The van der Waals surface area contributed by atoms with Crippen molar-refractivity contribution in [2.24, 2.45) is 0 Å². The van der Waals surface area contributed by atoms with Crippen LogP contribution < -0.4 is 19.7 Å². The number of ether oxygens (including phenoxy) is 2. The summed E-state index contributed by atoms with van der Waals surface area (Å²) in [5.74, 6) is 1.71. The number of quaternary nitrogens is 1. The van der Waals surface area contributed by atoms with Crippen LogP contribution in [0.2, 0.25) is 0 Å². The first-order valence-electron chi connectivity index (χ1n) is 9.26. The third-order valence-corrected chi connectivity index (χ3v) is 5.57. The summed E-state index contributed by atoms with van der Waals surface area (Å²) in [5, 5.41) is 5.09. The molecule has 2 atom stereocenters. The van der Waals surface area contributed by atoms with E-state index >= 15 is 0 Å². The molecule has 1 aromatic carbocycles. The fraction of sp³-hybridized carbons (Fsp3) is 0.450. The Bertz CT molecular complexity index is 673. The number of rotatable bonds is 9. The van der Waals surface area contributed by atoms with E-state index in [1.165, 1.54) is 22.6 Å². The molecule has 1 amide bonds. The normalized spacial score (nSPS) is 19.3. The van der Waals surface area contributed by atoms with Gasteiger partial charge < -0.3 is 19.7 Å². The van der Waals surface area contributed by atoms with Crippen LogP contribution in [-0.4, -0.2) is 38.8 Å². The van der Waals surface area contributed by atoms with E-state index in [1.54, 1.807) is 11.3 Å². The minimum Gasteiger partial charge on any atom is -0.494 e. The Morgan fingerprint density at radius 2 is 2.00 bits per heavy atom. The predicted octanol–water partition coefficient (Wildman–Crippen LogP) is 2.06. The summed E-state index contributed by atoms with van der Waals surface area (Å²) >= 11 is 1.79. The zero-order chi connectivity index (χ0) is 18.2. The average molecular weight is 376 g/mol. The van der Waals surface area contributed by atoms with Crippen LogP contribution in [0.15, 0.2) is 41.8 Å². The van der Waals surface area contributed by atoms with Gasteiger partial charge in [0, 0.05) is 12.8 Å². The number of likely N-dealkylation sites (tertiary alicyclic amines) is 1. The molecule has 140 valence electrons. The molecule has 5 nitrogen and oxygen atoms in total. The van der Waals surface area contributed by atoms with Gasteiger partial charge in [-0.2, -0.15) is 0 Å². The molecule has 0 aliphatic carbocycles. The number of nitrogens with one attached hydrogen (secondary N) is 2. The molecule has 1 unspecified atom stereocenters. The molecular formula is C20H27N2O3S+. The van der Waals surface area contributed by atoms with E-state index in [2.05, 4.69) is 22.8 Å². The second-order valence-corrected chi connectivity index (χ2v) is 7.38. The van der Waals surface area contributed by atoms with Crippen LogP contribution in [-0.2, 0) is 4.79 Å². The third kappa shape index (κ3) is 5.22. The summed E-state index contributed by atoms with van der Waals surface area (Å²) in [6.07, 6.45) is 2.36. The standard InChI is InChI=1S/C20H26N2O3S/c1-2-24-16-7-9-17(10-8-16)25-13-11-21-20(23)15-22-12-3-5-18(22)19-6-4-14-26-19/h4,6-10,14,18H,2-3,5,11-13,15H2,1H3,(H,21,23)/p+1/t18-/m1/s1. The Hall–Kier alpha value is -2.05. The van der Waals surface area contributed by atoms with E-state index in [1.807, 2.05) is 31.2 Å². The second-order valence-electron chi connectivity index (χ2n) is 6.40. The topological polar surface area (TPSA) is 52.0 Å².